The van der Waals surface area contributed by atoms with Gasteiger partial charge in [-0.15, -0.1) is 11.3 Å². The van der Waals surface area contributed by atoms with E-state index in [9.17, 15) is 9.59 Å². The number of nitrogens with one attached hydrogen (secondary N) is 2. The first kappa shape index (κ1) is 24.9. The van der Waals surface area contributed by atoms with E-state index in [0.29, 0.717) is 23.8 Å². The monoisotopic (exact) mass is 491 g/mol. The zero-order chi connectivity index (χ0) is 24.8. The first-order valence-electron chi connectivity index (χ1n) is 12.2. The molecular weight excluding hydrogens is 458 g/mol. The summed E-state index contributed by atoms with van der Waals surface area (Å²) in [5, 5.41) is 8.74. The fraction of sp³-hybridized carbons (Fsp3) is 0.393. The second-order valence-corrected chi connectivity index (χ2v) is 10.4. The van der Waals surface area contributed by atoms with Crippen molar-refractivity contribution in [3.8, 4) is 5.75 Å². The van der Waals surface area contributed by atoms with Crippen LogP contribution in [0.1, 0.15) is 82.4 Å². The fourth-order valence-corrected chi connectivity index (χ4v) is 4.94. The van der Waals surface area contributed by atoms with Crippen LogP contribution in [-0.2, 0) is 6.61 Å². The molecule has 184 valence electrons. The molecule has 0 spiro atoms. The van der Waals surface area contributed by atoms with Crippen LogP contribution in [0.3, 0.4) is 0 Å². The van der Waals surface area contributed by atoms with Gasteiger partial charge in [0.25, 0.3) is 11.8 Å². The van der Waals surface area contributed by atoms with Crippen molar-refractivity contribution in [1.82, 2.24) is 15.6 Å². The van der Waals surface area contributed by atoms with Crippen molar-refractivity contribution >= 4 is 23.2 Å². The molecule has 2 unspecified atom stereocenters. The molecule has 2 N–H and O–H groups in total. The average molecular weight is 492 g/mol. The number of ether oxygens (including phenoxy) is 1. The first-order chi connectivity index (χ1) is 16.9. The number of hydrogen-bond acceptors (Lipinski definition) is 5. The lowest BCUT2D eigenvalue weighted by molar-refractivity contribution is 0.0860. The number of thiazole rings is 1. The van der Waals surface area contributed by atoms with Gasteiger partial charge in [-0.05, 0) is 55.5 Å². The van der Waals surface area contributed by atoms with Crippen LogP contribution >= 0.6 is 11.3 Å². The quantitative estimate of drug-likeness (QED) is 0.428. The molecule has 1 fully saturated rings. The minimum atomic E-state index is -0.213. The Morgan fingerprint density at radius 1 is 0.971 bits per heavy atom. The summed E-state index contributed by atoms with van der Waals surface area (Å²) < 4.78 is 5.85. The standard InChI is InChI=1S/C28H33N3O3S/c1-18(2)20-12-14-22(15-13-20)34-16-26-29-25(17-35-26)28(33)31-24-7-5-4-6-23(24)30-27(32)21-10-8-19(3)9-11-21/h8-15,17-18,23-24H,4-7,16H2,1-3H3,(H,30,32)(H,31,33). The zero-order valence-electron chi connectivity index (χ0n) is 20.5. The lowest BCUT2D eigenvalue weighted by Gasteiger charge is -2.32. The molecule has 6 nitrogen and oxygen atoms in total. The summed E-state index contributed by atoms with van der Waals surface area (Å²) >= 11 is 1.41. The van der Waals surface area contributed by atoms with Crippen molar-refractivity contribution in [2.24, 2.45) is 0 Å². The Morgan fingerprint density at radius 2 is 1.60 bits per heavy atom. The highest BCUT2D eigenvalue weighted by Crippen LogP contribution is 2.22. The second-order valence-electron chi connectivity index (χ2n) is 9.45. The van der Waals surface area contributed by atoms with E-state index in [1.807, 2.05) is 43.3 Å². The van der Waals surface area contributed by atoms with Crippen LogP contribution < -0.4 is 15.4 Å². The van der Waals surface area contributed by atoms with Crippen LogP contribution in [0, 0.1) is 6.92 Å². The van der Waals surface area contributed by atoms with Gasteiger partial charge in [-0.25, -0.2) is 4.98 Å². The van der Waals surface area contributed by atoms with Crippen LogP contribution in [0.4, 0.5) is 0 Å². The highest BCUT2D eigenvalue weighted by atomic mass is 32.1. The Hall–Kier alpha value is -3.19. The van der Waals surface area contributed by atoms with Gasteiger partial charge in [0.15, 0.2) is 0 Å². The van der Waals surface area contributed by atoms with Gasteiger partial charge >= 0.3 is 0 Å². The predicted octanol–water partition coefficient (Wildman–Crippen LogP) is 5.62. The number of rotatable bonds is 8. The van der Waals surface area contributed by atoms with Gasteiger partial charge in [-0.2, -0.15) is 0 Å². The van der Waals surface area contributed by atoms with Gasteiger partial charge in [-0.1, -0.05) is 56.5 Å². The van der Waals surface area contributed by atoms with Crippen LogP contribution in [0.15, 0.2) is 53.9 Å². The van der Waals surface area contributed by atoms with E-state index in [0.717, 1.165) is 42.0 Å². The summed E-state index contributed by atoms with van der Waals surface area (Å²) in [4.78, 5) is 30.1. The highest BCUT2D eigenvalue weighted by Gasteiger charge is 2.29. The van der Waals surface area contributed by atoms with Gasteiger partial charge in [0.2, 0.25) is 0 Å². The lowest BCUT2D eigenvalue weighted by atomic mass is 9.90. The molecule has 4 rings (SSSR count). The molecule has 1 aromatic heterocycles. The Balaban J connectivity index is 1.32. The van der Waals surface area contributed by atoms with E-state index < -0.39 is 0 Å². The number of carbonyl (C=O) groups is 2. The van der Waals surface area contributed by atoms with Crippen LogP contribution in [-0.4, -0.2) is 28.9 Å². The third-order valence-electron chi connectivity index (χ3n) is 6.41. The molecule has 0 radical (unpaired) electrons. The number of nitrogens with zero attached hydrogens (tertiary/aromatic N) is 1. The smallest absolute Gasteiger partial charge is 0.271 e. The molecule has 35 heavy (non-hydrogen) atoms. The normalized spacial score (nSPS) is 17.7. The maximum absolute atomic E-state index is 12.9. The summed E-state index contributed by atoms with van der Waals surface area (Å²) in [5.74, 6) is 0.940. The molecule has 0 aliphatic heterocycles. The Morgan fingerprint density at radius 3 is 2.23 bits per heavy atom. The largest absolute Gasteiger partial charge is 0.486 e. The fourth-order valence-electron chi connectivity index (χ4n) is 4.25. The molecule has 3 aromatic rings. The van der Waals surface area contributed by atoms with E-state index in [-0.39, 0.29) is 23.9 Å². The summed E-state index contributed by atoms with van der Waals surface area (Å²) in [6.45, 7) is 6.63. The van der Waals surface area contributed by atoms with Gasteiger partial charge in [0.05, 0.1) is 0 Å². The molecule has 1 heterocycles. The molecule has 1 saturated carbocycles. The molecule has 7 heteroatoms. The van der Waals surface area contributed by atoms with E-state index in [4.69, 9.17) is 4.74 Å². The maximum atomic E-state index is 12.9. The van der Waals surface area contributed by atoms with Crippen molar-refractivity contribution in [1.29, 1.82) is 0 Å². The number of amides is 2. The van der Waals surface area contributed by atoms with Crippen LogP contribution in [0.2, 0.25) is 0 Å². The third kappa shape index (κ3) is 6.69. The van der Waals surface area contributed by atoms with Gasteiger partial charge in [-0.3, -0.25) is 9.59 Å². The first-order valence-corrected chi connectivity index (χ1v) is 13.1. The minimum absolute atomic E-state index is 0.100. The number of aromatic nitrogens is 1. The maximum Gasteiger partial charge on any atom is 0.271 e. The summed E-state index contributed by atoms with van der Waals surface area (Å²) in [5.41, 5.74) is 3.40. The Labute approximate surface area is 211 Å². The van der Waals surface area contributed by atoms with Crippen molar-refractivity contribution in [3.05, 3.63) is 81.3 Å². The molecule has 1 aliphatic carbocycles. The summed E-state index contributed by atoms with van der Waals surface area (Å²) in [6, 6.07) is 15.4. The second kappa shape index (κ2) is 11.5. The van der Waals surface area contributed by atoms with Gasteiger partial charge in [0, 0.05) is 23.0 Å². The van der Waals surface area contributed by atoms with Crippen molar-refractivity contribution in [3.63, 3.8) is 0 Å². The predicted molar refractivity (Wildman–Crippen MR) is 139 cm³/mol. The lowest BCUT2D eigenvalue weighted by Crippen LogP contribution is -2.53. The zero-order valence-corrected chi connectivity index (χ0v) is 21.4. The van der Waals surface area contributed by atoms with Crippen molar-refractivity contribution < 1.29 is 14.3 Å². The topological polar surface area (TPSA) is 80.3 Å². The highest BCUT2D eigenvalue weighted by molar-refractivity contribution is 7.09. The SMILES string of the molecule is Cc1ccc(C(=O)NC2CCCCC2NC(=O)c2csc(COc3ccc(C(C)C)cc3)n2)cc1. The molecule has 2 atom stereocenters. The minimum Gasteiger partial charge on any atom is -0.486 e. The van der Waals surface area contributed by atoms with E-state index in [1.165, 1.54) is 16.9 Å². The number of aryl methyl sites for hydroxylation is 1. The molecule has 0 bridgehead atoms. The van der Waals surface area contributed by atoms with Gasteiger partial charge in [0.1, 0.15) is 23.1 Å². The molecule has 1 aliphatic rings. The van der Waals surface area contributed by atoms with E-state index in [1.54, 1.807) is 5.38 Å². The summed E-state index contributed by atoms with van der Waals surface area (Å²) in [7, 11) is 0. The Kier molecular flexibility index (Phi) is 8.18. The number of benzene rings is 2. The molecule has 2 aromatic carbocycles. The average Bonchev–Trinajstić information content (AvgIpc) is 3.34. The third-order valence-corrected chi connectivity index (χ3v) is 7.23. The molecule has 0 saturated heterocycles. The molecular formula is C28H33N3O3S. The number of hydrogen-bond donors (Lipinski definition) is 2. The van der Waals surface area contributed by atoms with Crippen LogP contribution in [0.25, 0.3) is 0 Å². The Bertz CT molecular complexity index is 1140. The van der Waals surface area contributed by atoms with E-state index >= 15 is 0 Å². The van der Waals surface area contributed by atoms with E-state index in [2.05, 4.69) is 41.6 Å². The van der Waals surface area contributed by atoms with Gasteiger partial charge < -0.3 is 15.4 Å². The number of carbonyl (C=O) groups excluding carboxylic acids is 2. The molecule has 2 amide bonds. The van der Waals surface area contributed by atoms with Crippen molar-refractivity contribution in [2.75, 3.05) is 0 Å². The van der Waals surface area contributed by atoms with Crippen molar-refractivity contribution in [2.45, 2.75) is 71.1 Å². The summed E-state index contributed by atoms with van der Waals surface area (Å²) in [6.07, 6.45) is 3.72. The van der Waals surface area contributed by atoms with Crippen LogP contribution in [0.5, 0.6) is 5.75 Å².